The van der Waals surface area contributed by atoms with Crippen molar-refractivity contribution < 1.29 is 13.8 Å². The van der Waals surface area contributed by atoms with E-state index in [1.54, 1.807) is 12.1 Å². The summed E-state index contributed by atoms with van der Waals surface area (Å²) in [4.78, 5) is 13.3. The zero-order valence-corrected chi connectivity index (χ0v) is 14.8. The van der Waals surface area contributed by atoms with Gasteiger partial charge in [-0.05, 0) is 39.5 Å². The van der Waals surface area contributed by atoms with Gasteiger partial charge in [-0.3, -0.25) is 4.79 Å². The van der Waals surface area contributed by atoms with Gasteiger partial charge in [0.2, 0.25) is 11.6 Å². The fraction of sp³-hybridized carbons (Fsp3) is 0. The summed E-state index contributed by atoms with van der Waals surface area (Å²) in [7, 11) is 0. The van der Waals surface area contributed by atoms with Crippen molar-refractivity contribution in [3.8, 4) is 16.4 Å². The molecule has 1 aromatic carbocycles. The first kappa shape index (κ1) is 17.5. The van der Waals surface area contributed by atoms with Gasteiger partial charge >= 0.3 is 0 Å². The molecule has 10 nitrogen and oxygen atoms in total. The number of anilines is 1. The molecular formula is C16H11FN8O2S. The van der Waals surface area contributed by atoms with Gasteiger partial charge in [0.1, 0.15) is 11.5 Å². The predicted octanol–water partition coefficient (Wildman–Crippen LogP) is 1.86. The second-order valence-electron chi connectivity index (χ2n) is 5.40. The summed E-state index contributed by atoms with van der Waals surface area (Å²) in [5, 5.41) is 20.7. The zero-order valence-electron chi connectivity index (χ0n) is 14.0. The molecule has 140 valence electrons. The number of amides is 1. The lowest BCUT2D eigenvalue weighted by Gasteiger charge is -2.03. The Hall–Kier alpha value is -3.93. The maximum atomic E-state index is 13.2. The van der Waals surface area contributed by atoms with E-state index in [1.165, 1.54) is 40.4 Å². The van der Waals surface area contributed by atoms with E-state index in [0.717, 1.165) is 0 Å². The summed E-state index contributed by atoms with van der Waals surface area (Å²) in [6.07, 6.45) is 1.32. The molecule has 1 amide bonds. The number of nitrogen functional groups attached to an aromatic ring is 1. The fourth-order valence-corrected chi connectivity index (χ4v) is 3.12. The lowest BCUT2D eigenvalue weighted by atomic mass is 10.2. The van der Waals surface area contributed by atoms with Crippen LogP contribution in [-0.2, 0) is 0 Å². The average Bonchev–Trinajstić information content (AvgIpc) is 3.41. The largest absolute Gasteiger partial charge is 0.378 e. The van der Waals surface area contributed by atoms with Gasteiger partial charge < -0.3 is 5.73 Å². The Bertz CT molecular complexity index is 1150. The molecule has 0 radical (unpaired) electrons. The quantitative estimate of drug-likeness (QED) is 0.387. The SMILES string of the molecule is Nc1nonc1-n1nnc(C(=O)N/N=C\c2cccc(F)c2)c1-c1cccs1. The van der Waals surface area contributed by atoms with Gasteiger partial charge in [-0.15, -0.1) is 16.4 Å². The molecule has 4 aromatic rings. The highest BCUT2D eigenvalue weighted by molar-refractivity contribution is 7.13. The molecule has 12 heteroatoms. The van der Waals surface area contributed by atoms with Crippen LogP contribution < -0.4 is 11.2 Å². The number of nitrogens with zero attached hydrogens (tertiary/aromatic N) is 6. The summed E-state index contributed by atoms with van der Waals surface area (Å²) in [5.41, 5.74) is 8.93. The van der Waals surface area contributed by atoms with Gasteiger partial charge in [-0.2, -0.15) is 9.78 Å². The number of halogens is 1. The van der Waals surface area contributed by atoms with Crippen LogP contribution in [0.2, 0.25) is 0 Å². The molecule has 0 aliphatic carbocycles. The molecule has 4 rings (SSSR count). The molecule has 0 saturated carbocycles. The minimum atomic E-state index is -0.614. The highest BCUT2D eigenvalue weighted by Gasteiger charge is 2.25. The predicted molar refractivity (Wildman–Crippen MR) is 98.4 cm³/mol. The molecular weight excluding hydrogens is 387 g/mol. The minimum absolute atomic E-state index is 0.00112. The smallest absolute Gasteiger partial charge is 0.294 e. The first-order chi connectivity index (χ1) is 13.6. The number of thiophene rings is 1. The van der Waals surface area contributed by atoms with Crippen molar-refractivity contribution in [1.82, 2.24) is 30.7 Å². The van der Waals surface area contributed by atoms with Crippen LogP contribution in [0.5, 0.6) is 0 Å². The molecule has 3 N–H and O–H groups in total. The van der Waals surface area contributed by atoms with E-state index in [-0.39, 0.29) is 17.3 Å². The lowest BCUT2D eigenvalue weighted by Crippen LogP contribution is -2.19. The van der Waals surface area contributed by atoms with Crippen LogP contribution in [-0.4, -0.2) is 37.4 Å². The number of hydrogen-bond donors (Lipinski definition) is 2. The van der Waals surface area contributed by atoms with Gasteiger partial charge in [-0.25, -0.2) is 14.4 Å². The monoisotopic (exact) mass is 398 g/mol. The summed E-state index contributed by atoms with van der Waals surface area (Å²) >= 11 is 1.37. The maximum absolute atomic E-state index is 13.2. The maximum Gasteiger partial charge on any atom is 0.294 e. The molecule has 0 fully saturated rings. The van der Waals surface area contributed by atoms with Crippen LogP contribution in [0.1, 0.15) is 16.1 Å². The van der Waals surface area contributed by atoms with Crippen molar-refractivity contribution in [3.63, 3.8) is 0 Å². The summed E-state index contributed by atoms with van der Waals surface area (Å²) < 4.78 is 19.1. The standard InChI is InChI=1S/C16H11FN8O2S/c17-10-4-1-3-9(7-10)8-19-21-16(26)12-13(11-5-2-6-28-11)25(24-20-12)15-14(18)22-27-23-15/h1-8H,(H2,18,22)(H,21,26)/b19-8-. The van der Waals surface area contributed by atoms with Crippen molar-refractivity contribution in [1.29, 1.82) is 0 Å². The number of hydrazone groups is 1. The molecule has 0 atom stereocenters. The van der Waals surface area contributed by atoms with Crippen LogP contribution in [0.3, 0.4) is 0 Å². The highest BCUT2D eigenvalue weighted by atomic mass is 32.1. The number of carbonyl (C=O) groups is 1. The van der Waals surface area contributed by atoms with E-state index >= 15 is 0 Å². The number of benzene rings is 1. The van der Waals surface area contributed by atoms with Crippen LogP contribution in [0, 0.1) is 5.82 Å². The van der Waals surface area contributed by atoms with Crippen molar-refractivity contribution in [2.24, 2.45) is 5.10 Å². The Labute approximate surface area is 160 Å². The Balaban J connectivity index is 1.65. The van der Waals surface area contributed by atoms with Gasteiger partial charge in [0.15, 0.2) is 5.69 Å². The molecule has 3 heterocycles. The van der Waals surface area contributed by atoms with Crippen LogP contribution in [0.15, 0.2) is 51.5 Å². The summed E-state index contributed by atoms with van der Waals surface area (Å²) in [5.74, 6) is -0.911. The number of carbonyl (C=O) groups excluding carboxylic acids is 1. The first-order valence-corrected chi connectivity index (χ1v) is 8.68. The van der Waals surface area contributed by atoms with E-state index in [0.29, 0.717) is 16.1 Å². The summed E-state index contributed by atoms with van der Waals surface area (Å²) in [6, 6.07) is 9.37. The Morgan fingerprint density at radius 1 is 1.32 bits per heavy atom. The Morgan fingerprint density at radius 2 is 2.21 bits per heavy atom. The van der Waals surface area contributed by atoms with E-state index in [9.17, 15) is 9.18 Å². The lowest BCUT2D eigenvalue weighted by molar-refractivity contribution is 0.0951. The van der Waals surface area contributed by atoms with E-state index in [4.69, 9.17) is 5.73 Å². The third kappa shape index (κ3) is 3.35. The normalized spacial score (nSPS) is 11.2. The molecule has 0 saturated heterocycles. The molecule has 0 unspecified atom stereocenters. The molecule has 3 aromatic heterocycles. The summed E-state index contributed by atoms with van der Waals surface area (Å²) in [6.45, 7) is 0. The van der Waals surface area contributed by atoms with E-state index in [1.807, 2.05) is 11.4 Å². The molecule has 0 spiro atoms. The third-order valence-electron chi connectivity index (χ3n) is 3.56. The van der Waals surface area contributed by atoms with Crippen molar-refractivity contribution >= 4 is 29.3 Å². The van der Waals surface area contributed by atoms with Crippen molar-refractivity contribution in [3.05, 3.63) is 58.9 Å². The number of hydrogen-bond acceptors (Lipinski definition) is 9. The fourth-order valence-electron chi connectivity index (χ4n) is 2.36. The third-order valence-corrected chi connectivity index (χ3v) is 4.44. The highest BCUT2D eigenvalue weighted by Crippen LogP contribution is 2.29. The Kier molecular flexibility index (Phi) is 4.60. The Morgan fingerprint density at radius 3 is 2.93 bits per heavy atom. The second kappa shape index (κ2) is 7.36. The molecule has 0 bridgehead atoms. The number of rotatable bonds is 5. The van der Waals surface area contributed by atoms with Crippen LogP contribution in [0.4, 0.5) is 10.2 Å². The van der Waals surface area contributed by atoms with Crippen molar-refractivity contribution in [2.75, 3.05) is 5.73 Å². The zero-order chi connectivity index (χ0) is 19.5. The topological polar surface area (TPSA) is 137 Å². The number of nitrogens with two attached hydrogens (primary N) is 1. The van der Waals surface area contributed by atoms with Crippen LogP contribution in [0.25, 0.3) is 16.4 Å². The molecule has 0 aliphatic rings. The van der Waals surface area contributed by atoms with Gasteiger partial charge in [-0.1, -0.05) is 23.4 Å². The van der Waals surface area contributed by atoms with E-state index in [2.05, 4.69) is 35.8 Å². The van der Waals surface area contributed by atoms with Gasteiger partial charge in [0.25, 0.3) is 5.91 Å². The first-order valence-electron chi connectivity index (χ1n) is 7.80. The van der Waals surface area contributed by atoms with Gasteiger partial charge in [0.05, 0.1) is 11.1 Å². The number of nitrogens with one attached hydrogen (secondary N) is 1. The van der Waals surface area contributed by atoms with Gasteiger partial charge in [0, 0.05) is 0 Å². The molecule has 0 aliphatic heterocycles. The average molecular weight is 398 g/mol. The second-order valence-corrected chi connectivity index (χ2v) is 6.35. The van der Waals surface area contributed by atoms with E-state index < -0.39 is 11.7 Å². The molecule has 28 heavy (non-hydrogen) atoms. The number of aromatic nitrogens is 5. The minimum Gasteiger partial charge on any atom is -0.378 e. The van der Waals surface area contributed by atoms with Crippen LogP contribution >= 0.6 is 11.3 Å². The van der Waals surface area contributed by atoms with Crippen molar-refractivity contribution in [2.45, 2.75) is 0 Å².